The summed E-state index contributed by atoms with van der Waals surface area (Å²) in [6.07, 6.45) is 0. The van der Waals surface area contributed by atoms with Gasteiger partial charge in [-0.2, -0.15) is 0 Å². The smallest absolute Gasteiger partial charge is 0.337 e. The quantitative estimate of drug-likeness (QED) is 0.515. The number of sulfonamides is 1. The maximum absolute atomic E-state index is 13.7. The van der Waals surface area contributed by atoms with Gasteiger partial charge in [0, 0.05) is 37.1 Å². The third-order valence-corrected chi connectivity index (χ3v) is 7.74. The summed E-state index contributed by atoms with van der Waals surface area (Å²) in [4.78, 5) is 16.2. The van der Waals surface area contributed by atoms with Gasteiger partial charge in [0.2, 0.25) is 0 Å². The monoisotopic (exact) mass is 497 g/mol. The summed E-state index contributed by atoms with van der Waals surface area (Å²) in [6.45, 7) is 7.66. The molecule has 1 aliphatic rings. The number of nitrogens with one attached hydrogen (secondary N) is 1. The Kier molecular flexibility index (Phi) is 6.71. The van der Waals surface area contributed by atoms with Gasteiger partial charge in [0.1, 0.15) is 5.82 Å². The maximum Gasteiger partial charge on any atom is 0.337 e. The predicted molar refractivity (Wildman–Crippen MR) is 136 cm³/mol. The van der Waals surface area contributed by atoms with Crippen molar-refractivity contribution in [2.24, 2.45) is 0 Å². The lowest BCUT2D eigenvalue weighted by atomic mass is 10.1. The Labute approximate surface area is 204 Å². The van der Waals surface area contributed by atoms with Gasteiger partial charge in [-0.05, 0) is 74.4 Å². The molecular formula is C26H28FN3O4S. The molecule has 1 aliphatic heterocycles. The van der Waals surface area contributed by atoms with E-state index in [4.69, 9.17) is 0 Å². The minimum Gasteiger partial charge on any atom is -0.478 e. The summed E-state index contributed by atoms with van der Waals surface area (Å²) in [5.74, 6) is -1.83. The molecule has 0 aromatic heterocycles. The Balaban J connectivity index is 1.58. The van der Waals surface area contributed by atoms with Crippen LogP contribution in [0.15, 0.2) is 65.6 Å². The molecule has 0 bridgehead atoms. The number of anilines is 3. The second-order valence-corrected chi connectivity index (χ2v) is 10.5. The van der Waals surface area contributed by atoms with Crippen molar-refractivity contribution in [2.45, 2.75) is 31.7 Å². The van der Waals surface area contributed by atoms with Crippen LogP contribution < -0.4 is 14.5 Å². The van der Waals surface area contributed by atoms with Crippen molar-refractivity contribution in [3.05, 3.63) is 83.2 Å². The molecule has 9 heteroatoms. The third kappa shape index (κ3) is 5.24. The molecule has 2 N–H and O–H groups in total. The number of aromatic carboxylic acids is 1. The SMILES string of the molecule is Cc1cccc(N2CCN(c3ccc(NS(=O)(=O)c4cc(F)ccc4C)cc3C(=O)O)C[C@H]2C)c1. The number of benzene rings is 3. The summed E-state index contributed by atoms with van der Waals surface area (Å²) in [5.41, 5.74) is 3.32. The lowest BCUT2D eigenvalue weighted by molar-refractivity contribution is 0.0697. The normalized spacial score (nSPS) is 16.3. The number of halogens is 1. The van der Waals surface area contributed by atoms with E-state index in [0.717, 1.165) is 18.3 Å². The van der Waals surface area contributed by atoms with Crippen molar-refractivity contribution in [3.8, 4) is 0 Å². The van der Waals surface area contributed by atoms with Gasteiger partial charge in [0.05, 0.1) is 16.1 Å². The molecule has 0 aliphatic carbocycles. The van der Waals surface area contributed by atoms with E-state index in [2.05, 4.69) is 41.7 Å². The minimum absolute atomic E-state index is 0.00244. The fourth-order valence-corrected chi connectivity index (χ4v) is 5.79. The number of carbonyl (C=O) groups is 1. The van der Waals surface area contributed by atoms with Crippen LogP contribution in [-0.4, -0.2) is 45.2 Å². The first kappa shape index (κ1) is 24.5. The van der Waals surface area contributed by atoms with Crippen molar-refractivity contribution in [2.75, 3.05) is 34.2 Å². The maximum atomic E-state index is 13.7. The molecule has 3 aromatic rings. The molecule has 4 rings (SSSR count). The van der Waals surface area contributed by atoms with Crippen molar-refractivity contribution >= 4 is 33.1 Å². The number of nitrogens with zero attached hydrogens (tertiary/aromatic N) is 2. The number of hydrogen-bond acceptors (Lipinski definition) is 5. The molecule has 1 heterocycles. The van der Waals surface area contributed by atoms with Crippen LogP contribution in [-0.2, 0) is 10.0 Å². The van der Waals surface area contributed by atoms with E-state index in [0.29, 0.717) is 24.3 Å². The molecule has 0 saturated carbocycles. The van der Waals surface area contributed by atoms with Gasteiger partial charge in [-0.25, -0.2) is 17.6 Å². The van der Waals surface area contributed by atoms with Gasteiger partial charge >= 0.3 is 5.97 Å². The highest BCUT2D eigenvalue weighted by Crippen LogP contribution is 2.30. The van der Waals surface area contributed by atoms with Gasteiger partial charge in [-0.1, -0.05) is 18.2 Å². The van der Waals surface area contributed by atoms with Crippen LogP contribution >= 0.6 is 0 Å². The second-order valence-electron chi connectivity index (χ2n) is 8.88. The summed E-state index contributed by atoms with van der Waals surface area (Å²) in [6, 6.07) is 16.4. The van der Waals surface area contributed by atoms with Crippen molar-refractivity contribution < 1.29 is 22.7 Å². The summed E-state index contributed by atoms with van der Waals surface area (Å²) in [5, 5.41) is 9.88. The molecule has 3 aromatic carbocycles. The Bertz CT molecular complexity index is 1380. The van der Waals surface area contributed by atoms with E-state index in [1.165, 1.54) is 29.8 Å². The number of carboxylic acids is 1. The van der Waals surface area contributed by atoms with Gasteiger partial charge in [0.25, 0.3) is 10.0 Å². The highest BCUT2D eigenvalue weighted by atomic mass is 32.2. The van der Waals surface area contributed by atoms with E-state index in [9.17, 15) is 22.7 Å². The van der Waals surface area contributed by atoms with Crippen molar-refractivity contribution in [1.29, 1.82) is 0 Å². The average molecular weight is 498 g/mol. The second kappa shape index (κ2) is 9.58. The number of aryl methyl sites for hydroxylation is 2. The molecule has 0 spiro atoms. The van der Waals surface area contributed by atoms with E-state index < -0.39 is 21.8 Å². The van der Waals surface area contributed by atoms with Gasteiger partial charge in [0.15, 0.2) is 0 Å². The Morgan fingerprint density at radius 2 is 1.83 bits per heavy atom. The highest BCUT2D eigenvalue weighted by molar-refractivity contribution is 7.92. The standard InChI is InChI=1S/C26H28FN3O4S/c1-17-5-4-6-22(13-17)30-12-11-29(16-19(30)3)24-10-9-21(15-23(24)26(31)32)28-35(33,34)25-14-20(27)8-7-18(25)2/h4-10,13-15,19,28H,11-12,16H2,1-3H3,(H,31,32)/t19-/m1/s1. The van der Waals surface area contributed by atoms with Crippen molar-refractivity contribution in [1.82, 2.24) is 0 Å². The first-order chi connectivity index (χ1) is 16.5. The fraction of sp³-hybridized carbons (Fsp3) is 0.269. The van der Waals surface area contributed by atoms with Gasteiger partial charge < -0.3 is 14.9 Å². The van der Waals surface area contributed by atoms with Gasteiger partial charge in [-0.3, -0.25) is 4.72 Å². The van der Waals surface area contributed by atoms with E-state index in [-0.39, 0.29) is 22.2 Å². The van der Waals surface area contributed by atoms with Crippen molar-refractivity contribution in [3.63, 3.8) is 0 Å². The summed E-state index contributed by atoms with van der Waals surface area (Å²) >= 11 is 0. The van der Waals surface area contributed by atoms with Crippen LogP contribution in [0.3, 0.4) is 0 Å². The largest absolute Gasteiger partial charge is 0.478 e. The van der Waals surface area contributed by atoms with Gasteiger partial charge in [-0.15, -0.1) is 0 Å². The molecule has 1 atom stereocenters. The Morgan fingerprint density at radius 3 is 2.51 bits per heavy atom. The van der Waals surface area contributed by atoms with Crippen LogP contribution in [0, 0.1) is 19.7 Å². The first-order valence-electron chi connectivity index (χ1n) is 11.3. The zero-order valence-corrected chi connectivity index (χ0v) is 20.6. The molecule has 35 heavy (non-hydrogen) atoms. The molecule has 0 amide bonds. The van der Waals surface area contributed by atoms with Crippen LogP contribution in [0.5, 0.6) is 0 Å². The van der Waals surface area contributed by atoms with E-state index in [1.54, 1.807) is 13.0 Å². The van der Waals surface area contributed by atoms with Crippen LogP contribution in [0.1, 0.15) is 28.4 Å². The fourth-order valence-electron chi connectivity index (χ4n) is 4.49. The first-order valence-corrected chi connectivity index (χ1v) is 12.8. The number of carboxylic acid groups (broad SMARTS) is 1. The zero-order chi connectivity index (χ0) is 25.3. The molecule has 0 radical (unpaired) electrons. The lowest BCUT2D eigenvalue weighted by Gasteiger charge is -2.42. The zero-order valence-electron chi connectivity index (χ0n) is 19.8. The number of rotatable bonds is 6. The molecule has 7 nitrogen and oxygen atoms in total. The minimum atomic E-state index is -4.10. The van der Waals surface area contributed by atoms with Crippen LogP contribution in [0.4, 0.5) is 21.5 Å². The van der Waals surface area contributed by atoms with Crippen LogP contribution in [0.2, 0.25) is 0 Å². The number of hydrogen-bond donors (Lipinski definition) is 2. The molecule has 1 saturated heterocycles. The number of piperazine rings is 1. The molecular weight excluding hydrogens is 469 g/mol. The Morgan fingerprint density at radius 1 is 1.06 bits per heavy atom. The molecule has 1 fully saturated rings. The Hall–Kier alpha value is -3.59. The summed E-state index contributed by atoms with van der Waals surface area (Å²) < 4.78 is 41.7. The molecule has 184 valence electrons. The average Bonchev–Trinajstić information content (AvgIpc) is 2.80. The predicted octanol–water partition coefficient (Wildman–Crippen LogP) is 4.66. The van der Waals surface area contributed by atoms with E-state index >= 15 is 0 Å². The highest BCUT2D eigenvalue weighted by Gasteiger charge is 2.27. The van der Waals surface area contributed by atoms with E-state index in [1.807, 2.05) is 11.0 Å². The lowest BCUT2D eigenvalue weighted by Crippen LogP contribution is -2.52. The summed E-state index contributed by atoms with van der Waals surface area (Å²) in [7, 11) is -4.10. The van der Waals surface area contributed by atoms with Crippen LogP contribution in [0.25, 0.3) is 0 Å². The topological polar surface area (TPSA) is 90.0 Å². The molecule has 0 unspecified atom stereocenters. The third-order valence-electron chi connectivity index (χ3n) is 6.22.